The molecule has 0 atom stereocenters. The van der Waals surface area contributed by atoms with Crippen LogP contribution in [0.5, 0.6) is 0 Å². The summed E-state index contributed by atoms with van der Waals surface area (Å²) in [5.74, 6) is 0.0695. The van der Waals surface area contributed by atoms with Gasteiger partial charge in [0, 0.05) is 32.1 Å². The molecule has 0 aliphatic carbocycles. The highest BCUT2D eigenvalue weighted by Gasteiger charge is 1.99. The number of carbonyl (C=O) groups is 1. The maximum Gasteiger partial charge on any atom is 0.216 e. The van der Waals surface area contributed by atoms with E-state index in [0.29, 0.717) is 25.2 Å². The number of benzene rings is 1. The lowest BCUT2D eigenvalue weighted by Crippen LogP contribution is -2.29. The number of amides is 1. The van der Waals surface area contributed by atoms with Crippen LogP contribution in [0.2, 0.25) is 0 Å². The first-order valence-electron chi connectivity index (χ1n) is 5.65. The van der Waals surface area contributed by atoms with Crippen LogP contribution in [0.4, 0.5) is 0 Å². The molecule has 0 spiro atoms. The van der Waals surface area contributed by atoms with Crippen LogP contribution < -0.4 is 16.4 Å². The van der Waals surface area contributed by atoms with Gasteiger partial charge in [-0.05, 0) is 5.56 Å². The van der Waals surface area contributed by atoms with E-state index >= 15 is 0 Å². The summed E-state index contributed by atoms with van der Waals surface area (Å²) < 4.78 is 0. The van der Waals surface area contributed by atoms with Crippen LogP contribution >= 0.6 is 0 Å². The number of hydrogen-bond donors (Lipinski definition) is 4. The van der Waals surface area contributed by atoms with Crippen LogP contribution in [0.3, 0.4) is 0 Å². The third kappa shape index (κ3) is 4.84. The van der Waals surface area contributed by atoms with Gasteiger partial charge in [-0.3, -0.25) is 4.79 Å². The van der Waals surface area contributed by atoms with E-state index in [1.807, 2.05) is 12.1 Å². The summed E-state index contributed by atoms with van der Waals surface area (Å²) in [6.07, 6.45) is 0. The number of oxime groups is 1. The van der Waals surface area contributed by atoms with Gasteiger partial charge in [-0.15, -0.1) is 0 Å². The number of amidine groups is 1. The second-order valence-electron chi connectivity index (χ2n) is 3.84. The zero-order valence-electron chi connectivity index (χ0n) is 10.3. The van der Waals surface area contributed by atoms with E-state index < -0.39 is 0 Å². The van der Waals surface area contributed by atoms with Crippen LogP contribution in [-0.4, -0.2) is 30.0 Å². The quantitative estimate of drug-likeness (QED) is 0.188. The number of rotatable bonds is 6. The van der Waals surface area contributed by atoms with Gasteiger partial charge in [-0.25, -0.2) is 0 Å². The number of carbonyl (C=O) groups excluding carboxylic acids is 1. The van der Waals surface area contributed by atoms with Gasteiger partial charge >= 0.3 is 0 Å². The largest absolute Gasteiger partial charge is 0.409 e. The van der Waals surface area contributed by atoms with Gasteiger partial charge in [0.2, 0.25) is 5.91 Å². The molecule has 5 N–H and O–H groups in total. The molecule has 6 nitrogen and oxygen atoms in total. The van der Waals surface area contributed by atoms with Crippen molar-refractivity contribution in [1.82, 2.24) is 10.6 Å². The molecule has 0 heterocycles. The van der Waals surface area contributed by atoms with Crippen LogP contribution in [-0.2, 0) is 11.3 Å². The zero-order valence-corrected chi connectivity index (χ0v) is 10.3. The molecule has 0 saturated heterocycles. The van der Waals surface area contributed by atoms with Crippen LogP contribution in [0, 0.1) is 0 Å². The Labute approximate surface area is 106 Å². The summed E-state index contributed by atoms with van der Waals surface area (Å²) in [5.41, 5.74) is 7.23. The summed E-state index contributed by atoms with van der Waals surface area (Å²) in [5, 5.41) is 17.3. The molecule has 6 heteroatoms. The van der Waals surface area contributed by atoms with Crippen molar-refractivity contribution >= 4 is 11.7 Å². The van der Waals surface area contributed by atoms with E-state index in [1.165, 1.54) is 6.92 Å². The Balaban J connectivity index is 2.33. The number of nitrogens with two attached hydrogens (primary N) is 1. The molecule has 1 rings (SSSR count). The summed E-state index contributed by atoms with van der Waals surface area (Å²) in [4.78, 5) is 10.6. The Morgan fingerprint density at radius 3 is 2.56 bits per heavy atom. The summed E-state index contributed by atoms with van der Waals surface area (Å²) in [7, 11) is 0. The highest BCUT2D eigenvalue weighted by Crippen LogP contribution is 2.03. The number of hydrogen-bond acceptors (Lipinski definition) is 4. The number of nitrogens with one attached hydrogen (secondary N) is 2. The molecule has 18 heavy (non-hydrogen) atoms. The van der Waals surface area contributed by atoms with Crippen molar-refractivity contribution in [3.63, 3.8) is 0 Å². The van der Waals surface area contributed by atoms with E-state index in [9.17, 15) is 4.79 Å². The van der Waals surface area contributed by atoms with Gasteiger partial charge in [0.15, 0.2) is 5.84 Å². The van der Waals surface area contributed by atoms with E-state index in [-0.39, 0.29) is 11.7 Å². The predicted molar refractivity (Wildman–Crippen MR) is 69.3 cm³/mol. The first-order chi connectivity index (χ1) is 8.63. The van der Waals surface area contributed by atoms with Crippen LogP contribution in [0.1, 0.15) is 18.1 Å². The molecular weight excluding hydrogens is 232 g/mol. The summed E-state index contributed by atoms with van der Waals surface area (Å²) in [6.45, 7) is 3.51. The highest BCUT2D eigenvalue weighted by atomic mass is 16.4. The lowest BCUT2D eigenvalue weighted by Gasteiger charge is -2.06. The third-order valence-corrected chi connectivity index (χ3v) is 2.36. The van der Waals surface area contributed by atoms with Gasteiger partial charge in [-0.2, -0.15) is 0 Å². The lowest BCUT2D eigenvalue weighted by atomic mass is 10.1. The molecule has 0 aliphatic heterocycles. The number of nitrogens with zero attached hydrogens (tertiary/aromatic N) is 1. The maximum absolute atomic E-state index is 10.6. The van der Waals surface area contributed by atoms with E-state index in [2.05, 4.69) is 15.8 Å². The molecular formula is C12H18N4O2. The van der Waals surface area contributed by atoms with Crippen molar-refractivity contribution in [3.8, 4) is 0 Å². The van der Waals surface area contributed by atoms with Crippen molar-refractivity contribution in [2.24, 2.45) is 10.9 Å². The Kier molecular flexibility index (Phi) is 5.66. The normalized spacial score (nSPS) is 11.3. The van der Waals surface area contributed by atoms with E-state index in [0.717, 1.165) is 5.56 Å². The van der Waals surface area contributed by atoms with E-state index in [1.54, 1.807) is 12.1 Å². The SMILES string of the molecule is CC(=O)NCCNCc1ccc(/C(N)=N/O)cc1. The minimum Gasteiger partial charge on any atom is -0.409 e. The van der Waals surface area contributed by atoms with Gasteiger partial charge in [0.05, 0.1) is 0 Å². The minimum absolute atomic E-state index is 0.0279. The minimum atomic E-state index is -0.0279. The first-order valence-corrected chi connectivity index (χ1v) is 5.65. The molecule has 0 radical (unpaired) electrons. The van der Waals surface area contributed by atoms with E-state index in [4.69, 9.17) is 10.9 Å². The Bertz CT molecular complexity index is 415. The second-order valence-corrected chi connectivity index (χ2v) is 3.84. The third-order valence-electron chi connectivity index (χ3n) is 2.36. The molecule has 1 amide bonds. The van der Waals surface area contributed by atoms with Crippen molar-refractivity contribution in [3.05, 3.63) is 35.4 Å². The van der Waals surface area contributed by atoms with Gasteiger partial charge in [-0.1, -0.05) is 29.4 Å². The van der Waals surface area contributed by atoms with Crippen LogP contribution in [0.15, 0.2) is 29.4 Å². The van der Waals surface area contributed by atoms with Gasteiger partial charge in [0.25, 0.3) is 0 Å². The van der Waals surface area contributed by atoms with Crippen molar-refractivity contribution in [2.75, 3.05) is 13.1 Å². The molecule has 0 aromatic heterocycles. The molecule has 0 fully saturated rings. The Hall–Kier alpha value is -2.08. The maximum atomic E-state index is 10.6. The monoisotopic (exact) mass is 250 g/mol. The second kappa shape index (κ2) is 7.29. The lowest BCUT2D eigenvalue weighted by molar-refractivity contribution is -0.118. The van der Waals surface area contributed by atoms with Crippen molar-refractivity contribution < 1.29 is 10.0 Å². The molecule has 0 aliphatic rings. The van der Waals surface area contributed by atoms with Crippen molar-refractivity contribution in [2.45, 2.75) is 13.5 Å². The van der Waals surface area contributed by atoms with Gasteiger partial charge < -0.3 is 21.6 Å². The predicted octanol–water partition coefficient (Wildman–Crippen LogP) is 0.00680. The van der Waals surface area contributed by atoms with Crippen molar-refractivity contribution in [1.29, 1.82) is 0 Å². The fourth-order valence-corrected chi connectivity index (χ4v) is 1.41. The molecule has 0 saturated carbocycles. The summed E-state index contributed by atoms with van der Waals surface area (Å²) >= 11 is 0. The molecule has 98 valence electrons. The highest BCUT2D eigenvalue weighted by molar-refractivity contribution is 5.96. The zero-order chi connectivity index (χ0) is 13.4. The Morgan fingerprint density at radius 1 is 1.33 bits per heavy atom. The first kappa shape index (κ1) is 14.0. The molecule has 1 aromatic rings. The smallest absolute Gasteiger partial charge is 0.216 e. The standard InChI is InChI=1S/C12H18N4O2/c1-9(17)15-7-6-14-8-10-2-4-11(5-3-10)12(13)16-18/h2-5,14,18H,6-8H2,1H3,(H2,13,16)(H,15,17). The molecule has 0 unspecified atom stereocenters. The fraction of sp³-hybridized carbons (Fsp3) is 0.333. The Morgan fingerprint density at radius 2 is 2.00 bits per heavy atom. The topological polar surface area (TPSA) is 99.7 Å². The fourth-order valence-electron chi connectivity index (χ4n) is 1.41. The average molecular weight is 250 g/mol. The molecule has 0 bridgehead atoms. The average Bonchev–Trinajstić information content (AvgIpc) is 2.38. The van der Waals surface area contributed by atoms with Gasteiger partial charge in [0.1, 0.15) is 0 Å². The summed E-state index contributed by atoms with van der Waals surface area (Å²) in [6, 6.07) is 7.39. The molecule has 1 aromatic carbocycles. The van der Waals surface area contributed by atoms with Crippen LogP contribution in [0.25, 0.3) is 0 Å².